The Labute approximate surface area is 201 Å². The summed E-state index contributed by atoms with van der Waals surface area (Å²) in [5.74, 6) is 0. The largest absolute Gasteiger partial charge is 0.295 e. The van der Waals surface area contributed by atoms with Gasteiger partial charge >= 0.3 is 0 Å². The molecule has 35 heavy (non-hydrogen) atoms. The van der Waals surface area contributed by atoms with E-state index in [0.29, 0.717) is 10.9 Å². The number of rotatable bonds is 5. The van der Waals surface area contributed by atoms with E-state index < -0.39 is 45.0 Å². The van der Waals surface area contributed by atoms with Gasteiger partial charge in [0.25, 0.3) is 30.4 Å². The quantitative estimate of drug-likeness (QED) is 0.318. The fourth-order valence-electron chi connectivity index (χ4n) is 4.10. The summed E-state index contributed by atoms with van der Waals surface area (Å²) in [5, 5.41) is 0.553. The molecule has 9 nitrogen and oxygen atoms in total. The lowest BCUT2D eigenvalue weighted by Gasteiger charge is -2.18. The minimum absolute atomic E-state index is 0.107. The van der Waals surface area contributed by atoms with Crippen LogP contribution in [0.4, 0.5) is 0 Å². The average Bonchev–Trinajstić information content (AvgIpc) is 2.75. The summed E-state index contributed by atoms with van der Waals surface area (Å²) in [6, 6.07) is 16.6. The molecule has 0 amide bonds. The van der Waals surface area contributed by atoms with Crippen molar-refractivity contribution in [3.63, 3.8) is 0 Å². The van der Waals surface area contributed by atoms with Gasteiger partial charge in [-0.3, -0.25) is 13.7 Å². The molecule has 0 fully saturated rings. The van der Waals surface area contributed by atoms with Crippen molar-refractivity contribution in [1.29, 1.82) is 0 Å². The number of aryl methyl sites for hydroxylation is 1. The number of hydrogen-bond donors (Lipinski definition) is 3. The Balaban J connectivity index is 2.25. The first-order valence-electron chi connectivity index (χ1n) is 9.88. The van der Waals surface area contributed by atoms with Gasteiger partial charge in [-0.15, -0.1) is 0 Å². The Morgan fingerprint density at radius 2 is 1.09 bits per heavy atom. The van der Waals surface area contributed by atoms with Crippen molar-refractivity contribution in [3.05, 3.63) is 78.4 Å². The molecule has 4 aromatic carbocycles. The van der Waals surface area contributed by atoms with Crippen molar-refractivity contribution in [2.75, 3.05) is 0 Å². The summed E-state index contributed by atoms with van der Waals surface area (Å²) in [5.41, 5.74) is -0.659. The van der Waals surface area contributed by atoms with Crippen LogP contribution in [0.15, 0.2) is 87.5 Å². The zero-order valence-corrected chi connectivity index (χ0v) is 20.4. The SMILES string of the molecule is Cc1cc(-c2ccccc2S(=O)(=O)O)c(S(=O)(=O)O)c(-c2ccc3ccccc3c2S(=O)(=O)O)c1. The van der Waals surface area contributed by atoms with E-state index in [1.54, 1.807) is 19.1 Å². The van der Waals surface area contributed by atoms with Crippen molar-refractivity contribution in [1.82, 2.24) is 0 Å². The summed E-state index contributed by atoms with van der Waals surface area (Å²) in [4.78, 5) is -1.99. The highest BCUT2D eigenvalue weighted by molar-refractivity contribution is 7.87. The lowest BCUT2D eigenvalue weighted by molar-refractivity contribution is 0.480. The molecule has 0 saturated heterocycles. The normalized spacial score (nSPS) is 12.7. The third-order valence-corrected chi connectivity index (χ3v) is 8.20. The van der Waals surface area contributed by atoms with Crippen LogP contribution in [0.5, 0.6) is 0 Å². The highest BCUT2D eigenvalue weighted by Crippen LogP contribution is 2.42. The molecule has 12 heteroatoms. The third kappa shape index (κ3) is 4.72. The Morgan fingerprint density at radius 1 is 0.543 bits per heavy atom. The van der Waals surface area contributed by atoms with Gasteiger partial charge < -0.3 is 0 Å². The molecule has 3 N–H and O–H groups in total. The predicted octanol–water partition coefficient (Wildman–Crippen LogP) is 4.22. The predicted molar refractivity (Wildman–Crippen MR) is 129 cm³/mol. The van der Waals surface area contributed by atoms with Gasteiger partial charge in [0, 0.05) is 27.6 Å². The summed E-state index contributed by atoms with van der Waals surface area (Å²) in [6.07, 6.45) is 0. The van der Waals surface area contributed by atoms with E-state index in [9.17, 15) is 38.9 Å². The topological polar surface area (TPSA) is 163 Å². The van der Waals surface area contributed by atoms with E-state index in [4.69, 9.17) is 0 Å². The van der Waals surface area contributed by atoms with Gasteiger partial charge in [0.2, 0.25) is 0 Å². The molecule has 0 aliphatic rings. The maximum absolute atomic E-state index is 12.6. The summed E-state index contributed by atoms with van der Waals surface area (Å²) in [6.45, 7) is 1.55. The van der Waals surface area contributed by atoms with Gasteiger partial charge in [0.1, 0.15) is 14.7 Å². The third-order valence-electron chi connectivity index (χ3n) is 5.37. The first-order valence-corrected chi connectivity index (χ1v) is 14.2. The maximum Gasteiger partial charge on any atom is 0.295 e. The molecule has 4 rings (SSSR count). The second kappa shape index (κ2) is 8.52. The van der Waals surface area contributed by atoms with Crippen LogP contribution >= 0.6 is 0 Å². The van der Waals surface area contributed by atoms with E-state index in [0.717, 1.165) is 6.07 Å². The molecule has 0 heterocycles. The molecule has 0 unspecified atom stereocenters. The van der Waals surface area contributed by atoms with E-state index in [1.165, 1.54) is 54.6 Å². The van der Waals surface area contributed by atoms with E-state index in [-0.39, 0.29) is 27.6 Å². The van der Waals surface area contributed by atoms with Gasteiger partial charge in [-0.2, -0.15) is 25.3 Å². The minimum Gasteiger partial charge on any atom is -0.282 e. The number of hydrogen-bond acceptors (Lipinski definition) is 6. The standard InChI is InChI=1S/C23H18O9S3/c1-14-12-19(17-8-4-5-9-21(17)33(24,25)26)23(35(30,31)32)20(13-14)18-11-10-15-6-2-3-7-16(15)22(18)34(27,28)29/h2-13H,1H3,(H,24,25,26)(H,27,28,29)(H,30,31,32). The van der Waals surface area contributed by atoms with Crippen LogP contribution in [0, 0.1) is 6.92 Å². The lowest BCUT2D eigenvalue weighted by Crippen LogP contribution is -2.09. The van der Waals surface area contributed by atoms with Gasteiger partial charge in [-0.05, 0) is 36.1 Å². The fourth-order valence-corrected chi connectivity index (χ4v) is 6.62. The Kier molecular flexibility index (Phi) is 6.08. The zero-order valence-electron chi connectivity index (χ0n) is 17.9. The van der Waals surface area contributed by atoms with Crippen LogP contribution < -0.4 is 0 Å². The van der Waals surface area contributed by atoms with Crippen molar-refractivity contribution in [3.8, 4) is 22.3 Å². The highest BCUT2D eigenvalue weighted by atomic mass is 32.2. The summed E-state index contributed by atoms with van der Waals surface area (Å²) >= 11 is 0. The molecule has 182 valence electrons. The van der Waals surface area contributed by atoms with Crippen LogP contribution in [0.1, 0.15) is 5.56 Å². The van der Waals surface area contributed by atoms with Gasteiger partial charge in [-0.25, -0.2) is 0 Å². The van der Waals surface area contributed by atoms with E-state index >= 15 is 0 Å². The first-order chi connectivity index (χ1) is 16.2. The molecule has 0 atom stereocenters. The van der Waals surface area contributed by atoms with Crippen LogP contribution in [0.3, 0.4) is 0 Å². The van der Waals surface area contributed by atoms with Crippen LogP contribution in [-0.4, -0.2) is 38.9 Å². The molecule has 0 aliphatic heterocycles. The van der Waals surface area contributed by atoms with Crippen molar-refractivity contribution in [2.24, 2.45) is 0 Å². The molecule has 4 aromatic rings. The summed E-state index contributed by atoms with van der Waals surface area (Å²) in [7, 11) is -14.8. The van der Waals surface area contributed by atoms with Gasteiger partial charge in [0.15, 0.2) is 0 Å². The molecule has 0 aliphatic carbocycles. The second-order valence-electron chi connectivity index (χ2n) is 7.77. The van der Waals surface area contributed by atoms with Crippen LogP contribution in [0.2, 0.25) is 0 Å². The van der Waals surface area contributed by atoms with Gasteiger partial charge in [-0.1, -0.05) is 54.6 Å². The van der Waals surface area contributed by atoms with Crippen molar-refractivity contribution < 1.29 is 38.9 Å². The monoisotopic (exact) mass is 534 g/mol. The molecule has 0 bridgehead atoms. The lowest BCUT2D eigenvalue weighted by atomic mass is 9.94. The van der Waals surface area contributed by atoms with E-state index in [1.807, 2.05) is 0 Å². The maximum atomic E-state index is 12.6. The van der Waals surface area contributed by atoms with Crippen LogP contribution in [0.25, 0.3) is 33.0 Å². The smallest absolute Gasteiger partial charge is 0.282 e. The molecule has 0 radical (unpaired) electrons. The number of benzene rings is 4. The first kappa shape index (κ1) is 25.0. The summed E-state index contributed by atoms with van der Waals surface area (Å²) < 4.78 is 104. The molecular weight excluding hydrogens is 516 g/mol. The zero-order chi connectivity index (χ0) is 25.8. The Bertz CT molecular complexity index is 1820. The fraction of sp³-hybridized carbons (Fsp3) is 0.0435. The van der Waals surface area contributed by atoms with E-state index in [2.05, 4.69) is 0 Å². The van der Waals surface area contributed by atoms with Crippen molar-refractivity contribution in [2.45, 2.75) is 21.6 Å². The minimum atomic E-state index is -5.11. The van der Waals surface area contributed by atoms with Gasteiger partial charge in [0.05, 0.1) is 0 Å². The second-order valence-corrected chi connectivity index (χ2v) is 11.9. The molecule has 0 saturated carbocycles. The molecular formula is C23H18O9S3. The Hall–Kier alpha value is -3.13. The number of fused-ring (bicyclic) bond motifs is 1. The Morgan fingerprint density at radius 3 is 1.69 bits per heavy atom. The van der Waals surface area contributed by atoms with Crippen LogP contribution in [-0.2, 0) is 30.4 Å². The molecule has 0 spiro atoms. The molecule has 0 aromatic heterocycles. The van der Waals surface area contributed by atoms with Crippen molar-refractivity contribution >= 4 is 41.1 Å². The highest BCUT2D eigenvalue weighted by Gasteiger charge is 2.30. The average molecular weight is 535 g/mol.